The second-order valence-electron chi connectivity index (χ2n) is 6.38. The average molecular weight is 407 g/mol. The first-order valence-corrected chi connectivity index (χ1v) is 10.3. The smallest absolute Gasteiger partial charge is 0.233 e. The number of thioether (sulfide) groups is 1. The zero-order chi connectivity index (χ0) is 19.4. The molecule has 0 saturated carbocycles. The molecule has 0 aliphatic carbocycles. The fourth-order valence-electron chi connectivity index (χ4n) is 3.02. The molecule has 0 radical (unpaired) electrons. The number of hydrogen-bond donors (Lipinski definition) is 1. The fraction of sp³-hybridized carbons (Fsp3) is 0.421. The van der Waals surface area contributed by atoms with Gasteiger partial charge in [-0.15, -0.1) is 0 Å². The number of halogens is 1. The van der Waals surface area contributed by atoms with Crippen molar-refractivity contribution in [3.63, 3.8) is 0 Å². The lowest BCUT2D eigenvalue weighted by Gasteiger charge is -2.31. The van der Waals surface area contributed by atoms with Gasteiger partial charge in [-0.2, -0.15) is 0 Å². The number of benzene rings is 1. The average Bonchev–Trinajstić information content (AvgIpc) is 2.66. The highest BCUT2D eigenvalue weighted by Crippen LogP contribution is 2.31. The van der Waals surface area contributed by atoms with Crippen molar-refractivity contribution >= 4 is 35.1 Å². The SMILES string of the molecule is CCc1nc(SCC(=O)N2CCOC(C)C2)nc(N)c1-c1ccc(Cl)cc1. The van der Waals surface area contributed by atoms with Crippen molar-refractivity contribution in [1.29, 1.82) is 0 Å². The van der Waals surface area contributed by atoms with Gasteiger partial charge in [0.2, 0.25) is 5.91 Å². The molecule has 1 aliphatic heterocycles. The number of carbonyl (C=O) groups is 1. The van der Waals surface area contributed by atoms with Gasteiger partial charge in [0.25, 0.3) is 0 Å². The minimum Gasteiger partial charge on any atom is -0.383 e. The van der Waals surface area contributed by atoms with E-state index in [4.69, 9.17) is 22.1 Å². The minimum atomic E-state index is 0.0668. The molecule has 1 aromatic heterocycles. The molecule has 2 heterocycles. The summed E-state index contributed by atoms with van der Waals surface area (Å²) in [6.45, 7) is 5.83. The Hall–Kier alpha value is -1.83. The molecule has 27 heavy (non-hydrogen) atoms. The second-order valence-corrected chi connectivity index (χ2v) is 7.76. The van der Waals surface area contributed by atoms with E-state index in [0.29, 0.717) is 42.1 Å². The fourth-order valence-corrected chi connectivity index (χ4v) is 3.92. The van der Waals surface area contributed by atoms with E-state index in [9.17, 15) is 4.79 Å². The Morgan fingerprint density at radius 2 is 2.11 bits per heavy atom. The number of anilines is 1. The van der Waals surface area contributed by atoms with Crippen LogP contribution in [0.1, 0.15) is 19.5 Å². The van der Waals surface area contributed by atoms with Crippen LogP contribution in [0.4, 0.5) is 5.82 Å². The maximum absolute atomic E-state index is 12.4. The van der Waals surface area contributed by atoms with E-state index in [-0.39, 0.29) is 17.8 Å². The number of rotatable bonds is 5. The number of morpholine rings is 1. The largest absolute Gasteiger partial charge is 0.383 e. The summed E-state index contributed by atoms with van der Waals surface area (Å²) in [5, 5.41) is 1.19. The quantitative estimate of drug-likeness (QED) is 0.606. The Balaban J connectivity index is 1.74. The Morgan fingerprint density at radius 1 is 1.37 bits per heavy atom. The highest BCUT2D eigenvalue weighted by molar-refractivity contribution is 7.99. The predicted molar refractivity (Wildman–Crippen MR) is 109 cm³/mol. The van der Waals surface area contributed by atoms with E-state index in [2.05, 4.69) is 9.97 Å². The number of hydrogen-bond acceptors (Lipinski definition) is 6. The molecule has 1 atom stereocenters. The summed E-state index contributed by atoms with van der Waals surface area (Å²) in [7, 11) is 0. The van der Waals surface area contributed by atoms with E-state index in [0.717, 1.165) is 16.8 Å². The molecule has 1 saturated heterocycles. The molecular formula is C19H23ClN4O2S. The van der Waals surface area contributed by atoms with Gasteiger partial charge in [-0.3, -0.25) is 4.79 Å². The second kappa shape index (κ2) is 8.91. The molecule has 3 rings (SSSR count). The normalized spacial score (nSPS) is 17.1. The van der Waals surface area contributed by atoms with Crippen molar-refractivity contribution in [3.05, 3.63) is 35.0 Å². The predicted octanol–water partition coefficient (Wildman–Crippen LogP) is 3.28. The molecule has 1 aromatic carbocycles. The summed E-state index contributed by atoms with van der Waals surface area (Å²) in [6.07, 6.45) is 0.789. The van der Waals surface area contributed by atoms with Crippen molar-refractivity contribution in [1.82, 2.24) is 14.9 Å². The van der Waals surface area contributed by atoms with Crippen LogP contribution in [0, 0.1) is 0 Å². The van der Waals surface area contributed by atoms with E-state index in [1.54, 1.807) is 0 Å². The van der Waals surface area contributed by atoms with Crippen molar-refractivity contribution in [2.45, 2.75) is 31.5 Å². The molecule has 1 aliphatic rings. The van der Waals surface area contributed by atoms with Crippen molar-refractivity contribution in [2.24, 2.45) is 0 Å². The van der Waals surface area contributed by atoms with Crippen LogP contribution in [0.15, 0.2) is 29.4 Å². The van der Waals surface area contributed by atoms with Gasteiger partial charge in [-0.25, -0.2) is 9.97 Å². The van der Waals surface area contributed by atoms with Crippen molar-refractivity contribution in [2.75, 3.05) is 31.2 Å². The Bertz CT molecular complexity index is 816. The number of nitrogens with two attached hydrogens (primary N) is 1. The summed E-state index contributed by atoms with van der Waals surface area (Å²) >= 11 is 7.29. The van der Waals surface area contributed by atoms with Crippen molar-refractivity contribution in [3.8, 4) is 11.1 Å². The third-order valence-corrected chi connectivity index (χ3v) is 5.46. The van der Waals surface area contributed by atoms with Gasteiger partial charge < -0.3 is 15.4 Å². The maximum Gasteiger partial charge on any atom is 0.233 e. The van der Waals surface area contributed by atoms with Crippen LogP contribution in [0.2, 0.25) is 5.02 Å². The van der Waals surface area contributed by atoms with Gasteiger partial charge in [0.15, 0.2) is 5.16 Å². The molecule has 2 aromatic rings. The zero-order valence-electron chi connectivity index (χ0n) is 15.4. The number of nitrogen functional groups attached to an aromatic ring is 1. The van der Waals surface area contributed by atoms with Crippen LogP contribution < -0.4 is 5.73 Å². The molecule has 2 N–H and O–H groups in total. The van der Waals surface area contributed by atoms with Gasteiger partial charge in [0.1, 0.15) is 5.82 Å². The van der Waals surface area contributed by atoms with Crippen LogP contribution in [-0.2, 0) is 16.0 Å². The monoisotopic (exact) mass is 406 g/mol. The summed E-state index contributed by atoms with van der Waals surface area (Å²) in [5.41, 5.74) is 8.85. The highest BCUT2D eigenvalue weighted by atomic mass is 35.5. The van der Waals surface area contributed by atoms with E-state index in [1.807, 2.05) is 43.0 Å². The summed E-state index contributed by atoms with van der Waals surface area (Å²) in [6, 6.07) is 7.46. The van der Waals surface area contributed by atoms with Crippen LogP contribution in [0.25, 0.3) is 11.1 Å². The topological polar surface area (TPSA) is 81.3 Å². The summed E-state index contributed by atoms with van der Waals surface area (Å²) in [4.78, 5) is 23.3. The van der Waals surface area contributed by atoms with Gasteiger partial charge in [0.05, 0.1) is 24.2 Å². The number of carbonyl (C=O) groups excluding carboxylic acids is 1. The molecule has 1 amide bonds. The van der Waals surface area contributed by atoms with Gasteiger partial charge in [-0.05, 0) is 31.0 Å². The molecule has 6 nitrogen and oxygen atoms in total. The molecular weight excluding hydrogens is 384 g/mol. The first kappa shape index (κ1) is 19.9. The van der Waals surface area contributed by atoms with Crippen LogP contribution in [-0.4, -0.2) is 52.3 Å². The van der Waals surface area contributed by atoms with Gasteiger partial charge >= 0.3 is 0 Å². The van der Waals surface area contributed by atoms with Crippen LogP contribution in [0.3, 0.4) is 0 Å². The third-order valence-electron chi connectivity index (χ3n) is 4.38. The maximum atomic E-state index is 12.4. The van der Waals surface area contributed by atoms with Gasteiger partial charge in [-0.1, -0.05) is 42.4 Å². The number of aryl methyl sites for hydroxylation is 1. The zero-order valence-corrected chi connectivity index (χ0v) is 17.0. The van der Waals surface area contributed by atoms with Crippen LogP contribution >= 0.6 is 23.4 Å². The van der Waals surface area contributed by atoms with E-state index < -0.39 is 0 Å². The van der Waals surface area contributed by atoms with Gasteiger partial charge in [0, 0.05) is 23.7 Å². The Morgan fingerprint density at radius 3 is 2.78 bits per heavy atom. The standard InChI is InChI=1S/C19H23ClN4O2S/c1-3-15-17(13-4-6-14(20)7-5-13)18(21)23-19(22-15)27-11-16(25)24-8-9-26-12(2)10-24/h4-7,12H,3,8-11H2,1-2H3,(H2,21,22,23). The van der Waals surface area contributed by atoms with E-state index >= 15 is 0 Å². The number of amides is 1. The lowest BCUT2D eigenvalue weighted by molar-refractivity contribution is -0.135. The van der Waals surface area contributed by atoms with E-state index in [1.165, 1.54) is 11.8 Å². The lowest BCUT2D eigenvalue weighted by atomic mass is 10.0. The molecule has 1 fully saturated rings. The molecule has 1 unspecified atom stereocenters. The van der Waals surface area contributed by atoms with Crippen molar-refractivity contribution < 1.29 is 9.53 Å². The minimum absolute atomic E-state index is 0.0668. The first-order chi connectivity index (χ1) is 13.0. The number of aromatic nitrogens is 2. The molecule has 8 heteroatoms. The first-order valence-electron chi connectivity index (χ1n) is 8.92. The molecule has 0 spiro atoms. The summed E-state index contributed by atoms with van der Waals surface area (Å²) < 4.78 is 5.48. The molecule has 144 valence electrons. The van der Waals surface area contributed by atoms with Crippen LogP contribution in [0.5, 0.6) is 0 Å². The highest BCUT2D eigenvalue weighted by Gasteiger charge is 2.22. The Kier molecular flexibility index (Phi) is 6.57. The third kappa shape index (κ3) is 4.91. The summed E-state index contributed by atoms with van der Waals surface area (Å²) in [5.74, 6) is 0.770. The number of ether oxygens (including phenoxy) is 1. The Labute approximate surface area is 168 Å². The molecule has 0 bridgehead atoms. The number of nitrogens with zero attached hydrogens (tertiary/aromatic N) is 3. The lowest BCUT2D eigenvalue weighted by Crippen LogP contribution is -2.45.